The highest BCUT2D eigenvalue weighted by Gasteiger charge is 2.17. The molecule has 2 N–H and O–H groups in total. The molecule has 0 unspecified atom stereocenters. The Morgan fingerprint density at radius 3 is 2.54 bits per heavy atom. The summed E-state index contributed by atoms with van der Waals surface area (Å²) in [7, 11) is 1.64. The van der Waals surface area contributed by atoms with E-state index < -0.39 is 0 Å². The van der Waals surface area contributed by atoms with Gasteiger partial charge >= 0.3 is 0 Å². The lowest BCUT2D eigenvalue weighted by Crippen LogP contribution is -2.01. The number of aryl methyl sites for hydroxylation is 1. The molecule has 0 aliphatic carbocycles. The summed E-state index contributed by atoms with van der Waals surface area (Å²) in [6.45, 7) is 2.23. The van der Waals surface area contributed by atoms with Crippen LogP contribution in [0.2, 0.25) is 0 Å². The molecule has 0 atom stereocenters. The third kappa shape index (κ3) is 3.33. The van der Waals surface area contributed by atoms with E-state index in [-0.39, 0.29) is 13.2 Å². The lowest BCUT2D eigenvalue weighted by molar-refractivity contribution is 0.275. The van der Waals surface area contributed by atoms with Crippen molar-refractivity contribution < 1.29 is 14.9 Å². The molecule has 0 saturated heterocycles. The summed E-state index contributed by atoms with van der Waals surface area (Å²) in [5.74, 6) is 0.807. The van der Waals surface area contributed by atoms with Crippen molar-refractivity contribution in [3.05, 3.63) is 51.6 Å². The fraction of sp³-hybridized carbons (Fsp3) is 0.294. The van der Waals surface area contributed by atoms with Crippen LogP contribution in [0.3, 0.4) is 0 Å². The fourth-order valence-corrected chi connectivity index (χ4v) is 3.37. The summed E-state index contributed by atoms with van der Waals surface area (Å²) < 4.78 is 6.94. The second kappa shape index (κ2) is 7.12. The Bertz CT molecular complexity index is 824. The molecule has 0 radical (unpaired) electrons. The topological polar surface area (TPSA) is 80.4 Å². The first-order valence-corrected chi connectivity index (χ1v) is 8.34. The van der Waals surface area contributed by atoms with Gasteiger partial charge in [-0.1, -0.05) is 12.1 Å². The van der Waals surface area contributed by atoms with Crippen LogP contribution >= 0.6 is 11.3 Å². The lowest BCUT2D eigenvalue weighted by Gasteiger charge is -2.03. The van der Waals surface area contributed by atoms with E-state index in [1.807, 2.05) is 37.4 Å². The Morgan fingerprint density at radius 2 is 1.92 bits per heavy atom. The third-order valence-corrected chi connectivity index (χ3v) is 4.65. The highest BCUT2D eigenvalue weighted by Crippen LogP contribution is 2.30. The van der Waals surface area contributed by atoms with E-state index in [1.54, 1.807) is 11.8 Å². The van der Waals surface area contributed by atoms with Gasteiger partial charge in [0.25, 0.3) is 0 Å². The Labute approximate surface area is 144 Å². The number of aliphatic hydroxyl groups excluding tert-OH is 2. The minimum atomic E-state index is -0.174. The second-order valence-corrected chi connectivity index (χ2v) is 6.64. The van der Waals surface area contributed by atoms with Gasteiger partial charge < -0.3 is 14.9 Å². The van der Waals surface area contributed by atoms with Crippen LogP contribution in [0.15, 0.2) is 30.5 Å². The first kappa shape index (κ1) is 16.6. The van der Waals surface area contributed by atoms with E-state index in [2.05, 4.69) is 10.1 Å². The van der Waals surface area contributed by atoms with Gasteiger partial charge in [-0.2, -0.15) is 5.10 Å². The first-order valence-electron chi connectivity index (χ1n) is 7.52. The maximum absolute atomic E-state index is 9.62. The molecule has 7 heteroatoms. The van der Waals surface area contributed by atoms with Crippen molar-refractivity contribution in [2.45, 2.75) is 26.7 Å². The van der Waals surface area contributed by atoms with Crippen molar-refractivity contribution >= 4 is 11.3 Å². The maximum Gasteiger partial charge on any atom is 0.118 e. The molecule has 0 aliphatic heterocycles. The molecule has 126 valence electrons. The molecule has 0 bridgehead atoms. The largest absolute Gasteiger partial charge is 0.497 e. The summed E-state index contributed by atoms with van der Waals surface area (Å²) >= 11 is 1.45. The zero-order valence-electron chi connectivity index (χ0n) is 13.6. The van der Waals surface area contributed by atoms with Gasteiger partial charge in [0.15, 0.2) is 0 Å². The molecule has 3 aromatic rings. The number of hydrogen-bond acceptors (Lipinski definition) is 6. The van der Waals surface area contributed by atoms with Crippen molar-refractivity contribution in [2.75, 3.05) is 7.11 Å². The van der Waals surface area contributed by atoms with E-state index in [0.717, 1.165) is 26.8 Å². The number of aromatic nitrogens is 3. The minimum Gasteiger partial charge on any atom is -0.497 e. The van der Waals surface area contributed by atoms with Crippen molar-refractivity contribution in [3.63, 3.8) is 0 Å². The van der Waals surface area contributed by atoms with Gasteiger partial charge in [-0.25, -0.2) is 4.98 Å². The van der Waals surface area contributed by atoms with Crippen LogP contribution in [0.25, 0.3) is 11.3 Å². The number of nitrogens with zero attached hydrogens (tertiary/aromatic N) is 3. The standard InChI is InChI=1S/C17H19N3O3S/c1-11-18-17(16(10-22)24-11)14-8-20(19-15(14)9-21)7-12-3-5-13(23-2)6-4-12/h3-6,8,21-22H,7,9-10H2,1-2H3. The molecule has 24 heavy (non-hydrogen) atoms. The van der Waals surface area contributed by atoms with Gasteiger partial charge in [-0.05, 0) is 24.6 Å². The average Bonchev–Trinajstić information content (AvgIpc) is 3.18. The molecule has 0 spiro atoms. The van der Waals surface area contributed by atoms with Crippen molar-refractivity contribution in [1.29, 1.82) is 0 Å². The molecular weight excluding hydrogens is 326 g/mol. The number of methoxy groups -OCH3 is 1. The number of rotatable bonds is 6. The molecule has 0 saturated carbocycles. The molecule has 6 nitrogen and oxygen atoms in total. The average molecular weight is 345 g/mol. The zero-order valence-corrected chi connectivity index (χ0v) is 14.4. The number of benzene rings is 1. The van der Waals surface area contributed by atoms with Crippen LogP contribution in [0.5, 0.6) is 5.75 Å². The molecule has 2 heterocycles. The smallest absolute Gasteiger partial charge is 0.118 e. The van der Waals surface area contributed by atoms with Gasteiger partial charge in [-0.3, -0.25) is 4.68 Å². The lowest BCUT2D eigenvalue weighted by atomic mass is 10.1. The van der Waals surface area contributed by atoms with Gasteiger partial charge in [0.05, 0.1) is 48.1 Å². The summed E-state index contributed by atoms with van der Waals surface area (Å²) in [6.07, 6.45) is 1.86. The minimum absolute atomic E-state index is 0.0740. The quantitative estimate of drug-likeness (QED) is 0.717. The molecule has 3 rings (SSSR count). The van der Waals surface area contributed by atoms with Crippen LogP contribution in [-0.2, 0) is 19.8 Å². The number of thiazole rings is 1. The van der Waals surface area contributed by atoms with E-state index >= 15 is 0 Å². The fourth-order valence-electron chi connectivity index (χ4n) is 2.56. The van der Waals surface area contributed by atoms with Crippen LogP contribution in [-0.4, -0.2) is 32.1 Å². The van der Waals surface area contributed by atoms with Crippen LogP contribution < -0.4 is 4.74 Å². The Balaban J connectivity index is 1.92. The van der Waals surface area contributed by atoms with Gasteiger partial charge in [0.2, 0.25) is 0 Å². The van der Waals surface area contributed by atoms with Crippen molar-refractivity contribution in [2.24, 2.45) is 0 Å². The van der Waals surface area contributed by atoms with Gasteiger partial charge in [0.1, 0.15) is 5.75 Å². The number of hydrogen-bond donors (Lipinski definition) is 2. The zero-order chi connectivity index (χ0) is 17.1. The molecular formula is C17H19N3O3S. The molecule has 0 aliphatic rings. The second-order valence-electron chi connectivity index (χ2n) is 5.36. The van der Waals surface area contributed by atoms with Crippen LogP contribution in [0, 0.1) is 6.92 Å². The van der Waals surface area contributed by atoms with E-state index in [1.165, 1.54) is 11.3 Å². The highest BCUT2D eigenvalue weighted by molar-refractivity contribution is 7.12. The summed E-state index contributed by atoms with van der Waals surface area (Å²) in [6, 6.07) is 7.76. The van der Waals surface area contributed by atoms with Crippen LogP contribution in [0.4, 0.5) is 0 Å². The van der Waals surface area contributed by atoms with Crippen molar-refractivity contribution in [1.82, 2.24) is 14.8 Å². The number of ether oxygens (including phenoxy) is 1. The SMILES string of the molecule is COc1ccc(Cn2cc(-c3nc(C)sc3CO)c(CO)n2)cc1. The Morgan fingerprint density at radius 1 is 1.17 bits per heavy atom. The Hall–Kier alpha value is -2.22. The van der Waals surface area contributed by atoms with Crippen LogP contribution in [0.1, 0.15) is 21.1 Å². The number of aliphatic hydroxyl groups is 2. The first-order chi connectivity index (χ1) is 11.6. The summed E-state index contributed by atoms with van der Waals surface area (Å²) in [5, 5.41) is 24.5. The monoisotopic (exact) mass is 345 g/mol. The van der Waals surface area contributed by atoms with E-state index in [9.17, 15) is 10.2 Å². The van der Waals surface area contributed by atoms with Crippen molar-refractivity contribution in [3.8, 4) is 17.0 Å². The predicted molar refractivity (Wildman–Crippen MR) is 92.0 cm³/mol. The van der Waals surface area contributed by atoms with E-state index in [4.69, 9.17) is 4.74 Å². The van der Waals surface area contributed by atoms with Gasteiger partial charge in [-0.15, -0.1) is 11.3 Å². The molecule has 2 aromatic heterocycles. The predicted octanol–water partition coefficient (Wildman–Crippen LogP) is 2.36. The molecule has 1 aromatic carbocycles. The van der Waals surface area contributed by atoms with Gasteiger partial charge in [0, 0.05) is 11.8 Å². The highest BCUT2D eigenvalue weighted by atomic mass is 32.1. The summed E-state index contributed by atoms with van der Waals surface area (Å²) in [4.78, 5) is 5.26. The molecule has 0 amide bonds. The summed E-state index contributed by atoms with van der Waals surface area (Å²) in [5.41, 5.74) is 3.10. The maximum atomic E-state index is 9.62. The third-order valence-electron chi connectivity index (χ3n) is 3.69. The van der Waals surface area contributed by atoms with E-state index in [0.29, 0.717) is 17.9 Å². The Kier molecular flexibility index (Phi) is 4.94. The molecule has 0 fully saturated rings. The normalized spacial score (nSPS) is 11.0.